The van der Waals surface area contributed by atoms with Crippen LogP contribution in [0.4, 0.5) is 5.69 Å². The third-order valence-electron chi connectivity index (χ3n) is 3.34. The normalized spacial score (nSPS) is 10.9. The van der Waals surface area contributed by atoms with Gasteiger partial charge in [-0.1, -0.05) is 11.6 Å². The number of hydrogen-bond acceptors (Lipinski definition) is 3. The number of rotatable bonds is 3. The molecule has 0 spiro atoms. The second kappa shape index (κ2) is 5.13. The molecular formula is C15H15ClN4. The maximum Gasteiger partial charge on any atom is 0.115 e. The number of nitrogens with zero attached hydrogens (tertiary/aromatic N) is 4. The van der Waals surface area contributed by atoms with Gasteiger partial charge in [-0.25, -0.2) is 0 Å². The minimum Gasteiger partial charge on any atom is -0.375 e. The third kappa shape index (κ3) is 2.34. The van der Waals surface area contributed by atoms with Crippen LogP contribution in [0.1, 0.15) is 6.92 Å². The molecule has 0 N–H and O–H groups in total. The Morgan fingerprint density at radius 3 is 2.45 bits per heavy atom. The summed E-state index contributed by atoms with van der Waals surface area (Å²) in [6, 6.07) is 13.6. The Balaban J connectivity index is 2.04. The smallest absolute Gasteiger partial charge is 0.115 e. The molecule has 1 heterocycles. The molecule has 5 heteroatoms. The van der Waals surface area contributed by atoms with Crippen LogP contribution in [0.15, 0.2) is 42.5 Å². The molecule has 0 atom stereocenters. The zero-order valence-corrected chi connectivity index (χ0v) is 12.2. The Bertz CT molecular complexity index is 733. The maximum absolute atomic E-state index is 5.89. The summed E-state index contributed by atoms with van der Waals surface area (Å²) in [6.45, 7) is 3.07. The lowest BCUT2D eigenvalue weighted by atomic mass is 10.2. The minimum atomic E-state index is 0.706. The fourth-order valence-electron chi connectivity index (χ4n) is 2.01. The largest absolute Gasteiger partial charge is 0.375 e. The number of anilines is 1. The molecule has 102 valence electrons. The van der Waals surface area contributed by atoms with Gasteiger partial charge in [0.25, 0.3) is 0 Å². The summed E-state index contributed by atoms with van der Waals surface area (Å²) in [5.74, 6) is 0. The van der Waals surface area contributed by atoms with Gasteiger partial charge in [0.1, 0.15) is 11.0 Å². The fraction of sp³-hybridized carbons (Fsp3) is 0.200. The summed E-state index contributed by atoms with van der Waals surface area (Å²) in [5, 5.41) is 9.71. The molecule has 0 aliphatic carbocycles. The van der Waals surface area contributed by atoms with E-state index in [1.165, 1.54) is 0 Å². The van der Waals surface area contributed by atoms with E-state index in [1.807, 2.05) is 30.3 Å². The molecule has 0 bridgehead atoms. The molecule has 0 saturated heterocycles. The van der Waals surface area contributed by atoms with Gasteiger partial charge in [0.05, 0.1) is 5.69 Å². The van der Waals surface area contributed by atoms with E-state index in [4.69, 9.17) is 11.6 Å². The van der Waals surface area contributed by atoms with E-state index >= 15 is 0 Å². The van der Waals surface area contributed by atoms with Crippen LogP contribution in [-0.4, -0.2) is 28.6 Å². The topological polar surface area (TPSA) is 34.0 Å². The quantitative estimate of drug-likeness (QED) is 0.739. The van der Waals surface area contributed by atoms with Gasteiger partial charge < -0.3 is 4.90 Å². The number of aromatic nitrogens is 3. The molecule has 0 amide bonds. The average Bonchev–Trinajstić information content (AvgIpc) is 2.90. The van der Waals surface area contributed by atoms with Gasteiger partial charge in [-0.05, 0) is 49.4 Å². The Morgan fingerprint density at radius 2 is 1.75 bits per heavy atom. The van der Waals surface area contributed by atoms with Crippen LogP contribution < -0.4 is 4.90 Å². The van der Waals surface area contributed by atoms with Crippen LogP contribution in [-0.2, 0) is 0 Å². The minimum absolute atomic E-state index is 0.706. The second-order valence-electron chi connectivity index (χ2n) is 4.65. The summed E-state index contributed by atoms with van der Waals surface area (Å²) in [4.78, 5) is 3.80. The number of halogens is 1. The highest BCUT2D eigenvalue weighted by molar-refractivity contribution is 6.30. The highest BCUT2D eigenvalue weighted by Crippen LogP contribution is 2.20. The van der Waals surface area contributed by atoms with Crippen molar-refractivity contribution in [3.8, 4) is 5.69 Å². The molecule has 20 heavy (non-hydrogen) atoms. The Labute approximate surface area is 122 Å². The van der Waals surface area contributed by atoms with Crippen molar-refractivity contribution in [2.45, 2.75) is 6.92 Å². The molecule has 3 rings (SSSR count). The lowest BCUT2D eigenvalue weighted by molar-refractivity contribution is 0.766. The molecular weight excluding hydrogens is 272 g/mol. The first-order valence-electron chi connectivity index (χ1n) is 6.51. The molecule has 0 fully saturated rings. The van der Waals surface area contributed by atoms with Gasteiger partial charge in [0.15, 0.2) is 0 Å². The first-order chi connectivity index (χ1) is 9.67. The van der Waals surface area contributed by atoms with E-state index < -0.39 is 0 Å². The summed E-state index contributed by atoms with van der Waals surface area (Å²) in [7, 11) is 2.06. The Hall–Kier alpha value is -2.07. The molecule has 0 aliphatic rings. The molecule has 4 nitrogen and oxygen atoms in total. The average molecular weight is 287 g/mol. The fourth-order valence-corrected chi connectivity index (χ4v) is 2.14. The van der Waals surface area contributed by atoms with E-state index in [9.17, 15) is 0 Å². The van der Waals surface area contributed by atoms with E-state index in [-0.39, 0.29) is 0 Å². The van der Waals surface area contributed by atoms with Gasteiger partial charge in [-0.2, -0.15) is 4.80 Å². The summed E-state index contributed by atoms with van der Waals surface area (Å²) in [5.41, 5.74) is 3.81. The van der Waals surface area contributed by atoms with Crippen LogP contribution >= 0.6 is 11.6 Å². The van der Waals surface area contributed by atoms with E-state index in [0.717, 1.165) is 29.0 Å². The first kappa shape index (κ1) is 12.9. The van der Waals surface area contributed by atoms with E-state index in [2.05, 4.69) is 41.2 Å². The Morgan fingerprint density at radius 1 is 1.05 bits per heavy atom. The third-order valence-corrected chi connectivity index (χ3v) is 3.59. The second-order valence-corrected chi connectivity index (χ2v) is 5.09. The van der Waals surface area contributed by atoms with Crippen molar-refractivity contribution >= 4 is 28.3 Å². The summed E-state index contributed by atoms with van der Waals surface area (Å²) in [6.07, 6.45) is 0. The first-order valence-corrected chi connectivity index (χ1v) is 6.89. The van der Waals surface area contributed by atoms with Crippen molar-refractivity contribution in [1.29, 1.82) is 0 Å². The standard InChI is InChI=1S/C15H15ClN4/c1-3-19(2)13-8-9-14-15(10-13)18-20(17-14)12-6-4-11(16)5-7-12/h4-10H,3H2,1-2H3. The highest BCUT2D eigenvalue weighted by Gasteiger charge is 2.07. The number of fused-ring (bicyclic) bond motifs is 1. The SMILES string of the molecule is CCN(C)c1ccc2nn(-c3ccc(Cl)cc3)nc2c1. The van der Waals surface area contributed by atoms with Crippen LogP contribution in [0, 0.1) is 0 Å². The maximum atomic E-state index is 5.89. The van der Waals surface area contributed by atoms with Crippen molar-refractivity contribution in [1.82, 2.24) is 15.0 Å². The van der Waals surface area contributed by atoms with Gasteiger partial charge in [-0.3, -0.25) is 0 Å². The lowest BCUT2D eigenvalue weighted by Crippen LogP contribution is -2.15. The molecule has 0 radical (unpaired) electrons. The molecule has 3 aromatic rings. The van der Waals surface area contributed by atoms with Crippen molar-refractivity contribution in [3.63, 3.8) is 0 Å². The monoisotopic (exact) mass is 286 g/mol. The zero-order valence-electron chi connectivity index (χ0n) is 11.4. The van der Waals surface area contributed by atoms with Crippen molar-refractivity contribution < 1.29 is 0 Å². The van der Waals surface area contributed by atoms with E-state index in [1.54, 1.807) is 4.80 Å². The molecule has 0 saturated carbocycles. The molecule has 2 aromatic carbocycles. The molecule has 1 aromatic heterocycles. The zero-order chi connectivity index (χ0) is 14.1. The van der Waals surface area contributed by atoms with E-state index in [0.29, 0.717) is 5.02 Å². The predicted molar refractivity (Wildman–Crippen MR) is 82.8 cm³/mol. The van der Waals surface area contributed by atoms with Crippen LogP contribution in [0.5, 0.6) is 0 Å². The van der Waals surface area contributed by atoms with Gasteiger partial charge >= 0.3 is 0 Å². The van der Waals surface area contributed by atoms with Crippen molar-refractivity contribution in [3.05, 3.63) is 47.5 Å². The molecule has 0 aliphatic heterocycles. The number of hydrogen-bond donors (Lipinski definition) is 0. The van der Waals surface area contributed by atoms with Gasteiger partial charge in [-0.15, -0.1) is 10.2 Å². The highest BCUT2D eigenvalue weighted by atomic mass is 35.5. The Kier molecular flexibility index (Phi) is 3.32. The molecule has 0 unspecified atom stereocenters. The lowest BCUT2D eigenvalue weighted by Gasteiger charge is -2.15. The summed E-state index contributed by atoms with van der Waals surface area (Å²) < 4.78 is 0. The summed E-state index contributed by atoms with van der Waals surface area (Å²) >= 11 is 5.89. The van der Waals surface area contributed by atoms with Crippen LogP contribution in [0.2, 0.25) is 5.02 Å². The van der Waals surface area contributed by atoms with Crippen LogP contribution in [0.3, 0.4) is 0 Å². The van der Waals surface area contributed by atoms with Crippen molar-refractivity contribution in [2.75, 3.05) is 18.5 Å². The predicted octanol–water partition coefficient (Wildman–Crippen LogP) is 3.53. The van der Waals surface area contributed by atoms with Crippen LogP contribution in [0.25, 0.3) is 16.7 Å². The number of benzene rings is 2. The van der Waals surface area contributed by atoms with Gasteiger partial charge in [0, 0.05) is 24.3 Å². The van der Waals surface area contributed by atoms with Gasteiger partial charge in [0.2, 0.25) is 0 Å². The van der Waals surface area contributed by atoms with Crippen molar-refractivity contribution in [2.24, 2.45) is 0 Å².